The van der Waals surface area contributed by atoms with Crippen molar-refractivity contribution in [1.29, 1.82) is 0 Å². The van der Waals surface area contributed by atoms with E-state index in [9.17, 15) is 5.11 Å². The minimum Gasteiger partial charge on any atom is -0.398 e. The van der Waals surface area contributed by atoms with E-state index in [2.05, 4.69) is 4.98 Å². The molecule has 0 bridgehead atoms. The molecule has 4 nitrogen and oxygen atoms in total. The lowest BCUT2D eigenvalue weighted by molar-refractivity contribution is 0.00578. The SMILES string of the molecule is CC1(C)OB(c2cc(Cl)cc(C3(O)CC3)n2)OC1(C)C. The third kappa shape index (κ3) is 2.27. The second-order valence-corrected chi connectivity index (χ2v) is 7.15. The van der Waals surface area contributed by atoms with Gasteiger partial charge in [0.15, 0.2) is 0 Å². The third-order valence-electron chi connectivity index (χ3n) is 4.51. The molecule has 0 aromatic carbocycles. The van der Waals surface area contributed by atoms with Gasteiger partial charge in [-0.2, -0.15) is 0 Å². The molecule has 0 unspecified atom stereocenters. The Morgan fingerprint density at radius 3 is 2.20 bits per heavy atom. The Balaban J connectivity index is 1.94. The summed E-state index contributed by atoms with van der Waals surface area (Å²) in [6, 6.07) is 3.45. The lowest BCUT2D eigenvalue weighted by Gasteiger charge is -2.32. The highest BCUT2D eigenvalue weighted by atomic mass is 35.5. The second kappa shape index (κ2) is 4.20. The van der Waals surface area contributed by atoms with E-state index >= 15 is 0 Å². The van der Waals surface area contributed by atoms with Crippen molar-refractivity contribution < 1.29 is 14.4 Å². The van der Waals surface area contributed by atoms with Gasteiger partial charge in [0, 0.05) is 5.02 Å². The quantitative estimate of drug-likeness (QED) is 0.848. The van der Waals surface area contributed by atoms with Crippen molar-refractivity contribution in [3.05, 3.63) is 22.8 Å². The first kappa shape index (κ1) is 14.3. The Bertz CT molecular complexity index is 541. The van der Waals surface area contributed by atoms with Crippen LogP contribution in [0.1, 0.15) is 46.2 Å². The normalized spacial score (nSPS) is 25.8. The molecule has 2 aliphatic rings. The molecule has 1 aliphatic carbocycles. The van der Waals surface area contributed by atoms with Crippen LogP contribution < -0.4 is 5.59 Å². The molecule has 0 radical (unpaired) electrons. The zero-order chi connectivity index (χ0) is 14.8. The predicted molar refractivity (Wildman–Crippen MR) is 78.1 cm³/mol. The van der Waals surface area contributed by atoms with Crippen LogP contribution in [0.3, 0.4) is 0 Å². The smallest absolute Gasteiger partial charge is 0.398 e. The molecule has 1 N–H and O–H groups in total. The van der Waals surface area contributed by atoms with Crippen LogP contribution in [0, 0.1) is 0 Å². The summed E-state index contributed by atoms with van der Waals surface area (Å²) >= 11 is 6.14. The minimum absolute atomic E-state index is 0.418. The number of aliphatic hydroxyl groups is 1. The molecule has 108 valence electrons. The van der Waals surface area contributed by atoms with Gasteiger partial charge in [0.1, 0.15) is 5.60 Å². The van der Waals surface area contributed by atoms with Crippen LogP contribution in [0.4, 0.5) is 0 Å². The molecule has 1 aromatic heterocycles. The number of pyridine rings is 1. The van der Waals surface area contributed by atoms with Crippen LogP contribution in [-0.4, -0.2) is 28.4 Å². The van der Waals surface area contributed by atoms with Gasteiger partial charge in [-0.05, 0) is 52.7 Å². The van der Waals surface area contributed by atoms with Crippen molar-refractivity contribution in [3.63, 3.8) is 0 Å². The Labute approximate surface area is 124 Å². The monoisotopic (exact) mass is 295 g/mol. The van der Waals surface area contributed by atoms with Crippen molar-refractivity contribution in [2.24, 2.45) is 0 Å². The number of aromatic nitrogens is 1. The first-order valence-electron chi connectivity index (χ1n) is 6.89. The molecule has 0 spiro atoms. The average molecular weight is 296 g/mol. The van der Waals surface area contributed by atoms with Gasteiger partial charge in [0.2, 0.25) is 0 Å². The molecule has 1 aliphatic heterocycles. The summed E-state index contributed by atoms with van der Waals surface area (Å²) in [6.07, 6.45) is 1.45. The third-order valence-corrected chi connectivity index (χ3v) is 4.72. The van der Waals surface area contributed by atoms with Gasteiger partial charge < -0.3 is 14.4 Å². The maximum absolute atomic E-state index is 10.2. The molecule has 3 rings (SSSR count). The molecule has 1 saturated heterocycles. The topological polar surface area (TPSA) is 51.6 Å². The fourth-order valence-electron chi connectivity index (χ4n) is 2.21. The number of rotatable bonds is 2. The van der Waals surface area contributed by atoms with Crippen LogP contribution in [0.2, 0.25) is 5.02 Å². The molecule has 2 heterocycles. The molecule has 0 amide bonds. The van der Waals surface area contributed by atoms with Gasteiger partial charge in [-0.1, -0.05) is 11.6 Å². The highest BCUT2D eigenvalue weighted by Gasteiger charge is 2.53. The summed E-state index contributed by atoms with van der Waals surface area (Å²) < 4.78 is 11.9. The van der Waals surface area contributed by atoms with Gasteiger partial charge in [-0.25, -0.2) is 0 Å². The molecular formula is C14H19BClNO3. The van der Waals surface area contributed by atoms with Crippen LogP contribution in [0.5, 0.6) is 0 Å². The molecular weight excluding hydrogens is 276 g/mol. The Hall–Kier alpha value is -0.615. The molecule has 2 fully saturated rings. The number of hydrogen-bond donors (Lipinski definition) is 1. The predicted octanol–water partition coefficient (Wildman–Crippen LogP) is 2.02. The summed E-state index contributed by atoms with van der Waals surface area (Å²) in [5.74, 6) is 0. The van der Waals surface area contributed by atoms with E-state index in [0.29, 0.717) is 16.3 Å². The Morgan fingerprint density at radius 1 is 1.15 bits per heavy atom. The van der Waals surface area contributed by atoms with Crippen LogP contribution in [-0.2, 0) is 14.9 Å². The van der Waals surface area contributed by atoms with Gasteiger partial charge in [-0.3, -0.25) is 4.98 Å². The number of hydrogen-bond acceptors (Lipinski definition) is 4. The maximum Gasteiger partial charge on any atom is 0.514 e. The second-order valence-electron chi connectivity index (χ2n) is 6.72. The molecule has 1 saturated carbocycles. The summed E-state index contributed by atoms with van der Waals surface area (Å²) in [5, 5.41) is 10.7. The fraction of sp³-hybridized carbons (Fsp3) is 0.643. The largest absolute Gasteiger partial charge is 0.514 e. The van der Waals surface area contributed by atoms with Crippen molar-refractivity contribution in [2.45, 2.75) is 57.3 Å². The summed E-state index contributed by atoms with van der Waals surface area (Å²) in [7, 11) is -0.556. The van der Waals surface area contributed by atoms with Crippen LogP contribution in [0.25, 0.3) is 0 Å². The van der Waals surface area contributed by atoms with Crippen molar-refractivity contribution in [1.82, 2.24) is 4.98 Å². The van der Waals surface area contributed by atoms with E-state index in [1.165, 1.54) is 0 Å². The van der Waals surface area contributed by atoms with E-state index in [1.54, 1.807) is 12.1 Å². The van der Waals surface area contributed by atoms with Gasteiger partial charge in [0.25, 0.3) is 0 Å². The first-order valence-corrected chi connectivity index (χ1v) is 7.27. The molecule has 1 aromatic rings. The molecule has 20 heavy (non-hydrogen) atoms. The van der Waals surface area contributed by atoms with Gasteiger partial charge in [-0.15, -0.1) is 0 Å². The summed E-state index contributed by atoms with van der Waals surface area (Å²) in [5.41, 5.74) is -0.430. The summed E-state index contributed by atoms with van der Waals surface area (Å²) in [6.45, 7) is 7.97. The van der Waals surface area contributed by atoms with Crippen LogP contribution in [0.15, 0.2) is 12.1 Å². The standard InChI is InChI=1S/C14H19BClNO3/c1-12(2)13(3,4)20-15(19-12)11-8-9(16)7-10(17-11)14(18)5-6-14/h7-8,18H,5-6H2,1-4H3. The number of nitrogens with zero attached hydrogens (tertiary/aromatic N) is 1. The molecule has 6 heteroatoms. The lowest BCUT2D eigenvalue weighted by atomic mass is 9.84. The van der Waals surface area contributed by atoms with E-state index < -0.39 is 23.9 Å². The van der Waals surface area contributed by atoms with Crippen LogP contribution >= 0.6 is 11.6 Å². The van der Waals surface area contributed by atoms with Gasteiger partial charge in [0.05, 0.1) is 22.5 Å². The van der Waals surface area contributed by atoms with Crippen molar-refractivity contribution in [3.8, 4) is 0 Å². The van der Waals surface area contributed by atoms with Crippen molar-refractivity contribution >= 4 is 24.3 Å². The zero-order valence-corrected chi connectivity index (χ0v) is 13.0. The van der Waals surface area contributed by atoms with Gasteiger partial charge >= 0.3 is 7.12 Å². The van der Waals surface area contributed by atoms with E-state index in [0.717, 1.165) is 12.8 Å². The molecule has 0 atom stereocenters. The highest BCUT2D eigenvalue weighted by Crippen LogP contribution is 2.44. The fourth-order valence-corrected chi connectivity index (χ4v) is 2.43. The van der Waals surface area contributed by atoms with E-state index in [-0.39, 0.29) is 0 Å². The highest BCUT2D eigenvalue weighted by molar-refractivity contribution is 6.61. The lowest BCUT2D eigenvalue weighted by Crippen LogP contribution is -2.41. The Kier molecular flexibility index (Phi) is 3.01. The summed E-state index contributed by atoms with van der Waals surface area (Å²) in [4.78, 5) is 4.50. The maximum atomic E-state index is 10.2. The first-order chi connectivity index (χ1) is 9.13. The number of halogens is 1. The average Bonchev–Trinajstić information content (AvgIpc) is 3.01. The van der Waals surface area contributed by atoms with Crippen molar-refractivity contribution in [2.75, 3.05) is 0 Å². The Morgan fingerprint density at radius 2 is 1.70 bits per heavy atom. The minimum atomic E-state index is -0.816. The zero-order valence-electron chi connectivity index (χ0n) is 12.2. The van der Waals surface area contributed by atoms with E-state index in [4.69, 9.17) is 20.9 Å². The van der Waals surface area contributed by atoms with E-state index in [1.807, 2.05) is 27.7 Å².